The highest BCUT2D eigenvalue weighted by atomic mass is 16.1. The summed E-state index contributed by atoms with van der Waals surface area (Å²) in [4.78, 5) is 28.2. The molecule has 1 heterocycles. The highest BCUT2D eigenvalue weighted by Crippen LogP contribution is 2.33. The van der Waals surface area contributed by atoms with E-state index in [2.05, 4.69) is 11.6 Å². The highest BCUT2D eigenvalue weighted by molar-refractivity contribution is 6.10. The summed E-state index contributed by atoms with van der Waals surface area (Å²) in [5.74, 6) is -0.920. The fourth-order valence-corrected chi connectivity index (χ4v) is 3.01. The number of benzene rings is 1. The van der Waals surface area contributed by atoms with Crippen molar-refractivity contribution in [2.24, 2.45) is 5.92 Å². The lowest BCUT2D eigenvalue weighted by Crippen LogP contribution is -2.29. The van der Waals surface area contributed by atoms with E-state index < -0.39 is 5.92 Å². The van der Waals surface area contributed by atoms with Gasteiger partial charge in [-0.3, -0.25) is 9.59 Å². The van der Waals surface area contributed by atoms with Gasteiger partial charge >= 0.3 is 0 Å². The van der Waals surface area contributed by atoms with Gasteiger partial charge in [-0.2, -0.15) is 0 Å². The maximum atomic E-state index is 12.9. The quantitative estimate of drug-likeness (QED) is 0.320. The minimum Gasteiger partial charge on any atom is -0.367 e. The van der Waals surface area contributed by atoms with Crippen molar-refractivity contribution in [3.05, 3.63) is 72.6 Å². The zero-order chi connectivity index (χ0) is 16.7. The Bertz CT molecular complexity index is 644. The van der Waals surface area contributed by atoms with E-state index in [4.69, 9.17) is 0 Å². The average molecular weight is 309 g/mol. The van der Waals surface area contributed by atoms with E-state index in [0.29, 0.717) is 5.56 Å². The van der Waals surface area contributed by atoms with Gasteiger partial charge in [-0.05, 0) is 37.8 Å². The monoisotopic (exact) mass is 309 g/mol. The molecule has 1 aromatic carbocycles. The molecule has 0 radical (unpaired) electrons. The number of carbonyl (C=O) groups excluding carboxylic acids is 2. The average Bonchev–Trinajstić information content (AvgIpc) is 3.08. The van der Waals surface area contributed by atoms with Gasteiger partial charge in [0.05, 0.1) is 5.92 Å². The Hall–Kier alpha value is -2.42. The molecular weight excluding hydrogens is 286 g/mol. The lowest BCUT2D eigenvalue weighted by atomic mass is 9.77. The second-order valence-electron chi connectivity index (χ2n) is 5.79. The number of carbonyl (C=O) groups is 2. The van der Waals surface area contributed by atoms with Crippen LogP contribution in [0.1, 0.15) is 48.0 Å². The number of unbranched alkanes of at least 4 members (excludes halogenated alkanes) is 1. The Kier molecular flexibility index (Phi) is 6.10. The normalized spacial score (nSPS) is 13.3. The number of ketones is 2. The molecule has 3 nitrogen and oxygen atoms in total. The van der Waals surface area contributed by atoms with E-state index in [1.807, 2.05) is 42.7 Å². The molecule has 0 aliphatic rings. The highest BCUT2D eigenvalue weighted by Gasteiger charge is 2.33. The number of nitrogens with one attached hydrogen (secondary N) is 1. The van der Waals surface area contributed by atoms with Gasteiger partial charge in [0.2, 0.25) is 0 Å². The van der Waals surface area contributed by atoms with Crippen molar-refractivity contribution in [1.82, 2.24) is 4.98 Å². The van der Waals surface area contributed by atoms with Gasteiger partial charge in [-0.15, -0.1) is 6.58 Å². The molecule has 2 aromatic rings. The third-order valence-electron chi connectivity index (χ3n) is 4.15. The van der Waals surface area contributed by atoms with Crippen LogP contribution in [0.25, 0.3) is 0 Å². The Morgan fingerprint density at radius 1 is 1.22 bits per heavy atom. The van der Waals surface area contributed by atoms with E-state index in [9.17, 15) is 9.59 Å². The number of allylic oxidation sites excluding steroid dienone is 1. The SMILES string of the molecule is C=CCCCC(c1cc[nH]c1)C(C(C)=O)C(=O)c1ccccc1. The Morgan fingerprint density at radius 3 is 2.52 bits per heavy atom. The van der Waals surface area contributed by atoms with Crippen LogP contribution in [-0.4, -0.2) is 16.6 Å². The van der Waals surface area contributed by atoms with Crippen LogP contribution in [0.3, 0.4) is 0 Å². The van der Waals surface area contributed by atoms with Crippen LogP contribution < -0.4 is 0 Å². The zero-order valence-electron chi connectivity index (χ0n) is 13.5. The minimum absolute atomic E-state index is 0.0799. The molecule has 0 saturated carbocycles. The van der Waals surface area contributed by atoms with Gasteiger partial charge in [0.1, 0.15) is 5.78 Å². The van der Waals surface area contributed by atoms with Crippen LogP contribution >= 0.6 is 0 Å². The van der Waals surface area contributed by atoms with E-state index in [-0.39, 0.29) is 17.5 Å². The summed E-state index contributed by atoms with van der Waals surface area (Å²) in [6.45, 7) is 5.26. The Balaban J connectivity index is 2.32. The molecule has 0 aliphatic carbocycles. The molecule has 0 amide bonds. The summed E-state index contributed by atoms with van der Waals surface area (Å²) in [6, 6.07) is 11.0. The second kappa shape index (κ2) is 8.28. The summed E-state index contributed by atoms with van der Waals surface area (Å²) >= 11 is 0. The standard InChI is InChI=1S/C20H23NO2/c1-3-4-6-11-18(17-12-13-21-14-17)19(15(2)22)20(23)16-9-7-5-8-10-16/h3,5,7-10,12-14,18-19,21H,1,4,6,11H2,2H3. The van der Waals surface area contributed by atoms with E-state index in [0.717, 1.165) is 24.8 Å². The van der Waals surface area contributed by atoms with E-state index in [1.165, 1.54) is 6.92 Å². The number of aromatic amines is 1. The molecule has 23 heavy (non-hydrogen) atoms. The molecule has 2 rings (SSSR count). The molecule has 2 atom stereocenters. The summed E-state index contributed by atoms with van der Waals surface area (Å²) in [5, 5.41) is 0. The fraction of sp³-hybridized carbons (Fsp3) is 0.300. The summed E-state index contributed by atoms with van der Waals surface area (Å²) < 4.78 is 0. The van der Waals surface area contributed by atoms with Crippen LogP contribution in [0, 0.1) is 5.92 Å². The molecule has 0 bridgehead atoms. The van der Waals surface area contributed by atoms with Crippen molar-refractivity contribution < 1.29 is 9.59 Å². The van der Waals surface area contributed by atoms with Crippen molar-refractivity contribution in [3.8, 4) is 0 Å². The molecule has 2 unspecified atom stereocenters. The number of rotatable bonds is 9. The summed E-state index contributed by atoms with van der Waals surface area (Å²) in [5.41, 5.74) is 1.61. The minimum atomic E-state index is -0.641. The van der Waals surface area contributed by atoms with Crippen molar-refractivity contribution in [1.29, 1.82) is 0 Å². The van der Waals surface area contributed by atoms with Gasteiger partial charge < -0.3 is 4.98 Å². The van der Waals surface area contributed by atoms with Crippen LogP contribution in [0.4, 0.5) is 0 Å². The lowest BCUT2D eigenvalue weighted by Gasteiger charge is -2.24. The summed E-state index contributed by atoms with van der Waals surface area (Å²) in [6.07, 6.45) is 8.16. The van der Waals surface area contributed by atoms with Crippen LogP contribution in [0.2, 0.25) is 0 Å². The molecule has 0 aliphatic heterocycles. The molecule has 0 saturated heterocycles. The number of H-pyrrole nitrogens is 1. The number of hydrogen-bond donors (Lipinski definition) is 1. The van der Waals surface area contributed by atoms with Gasteiger partial charge in [-0.1, -0.05) is 36.4 Å². The van der Waals surface area contributed by atoms with Crippen molar-refractivity contribution >= 4 is 11.6 Å². The first-order chi connectivity index (χ1) is 11.1. The van der Waals surface area contributed by atoms with Crippen LogP contribution in [0.15, 0.2) is 61.4 Å². The molecule has 1 N–H and O–H groups in total. The van der Waals surface area contributed by atoms with Gasteiger partial charge in [0.15, 0.2) is 5.78 Å². The third kappa shape index (κ3) is 4.28. The van der Waals surface area contributed by atoms with E-state index in [1.54, 1.807) is 12.1 Å². The van der Waals surface area contributed by atoms with E-state index >= 15 is 0 Å². The first-order valence-electron chi connectivity index (χ1n) is 7.98. The molecule has 1 aromatic heterocycles. The Morgan fingerprint density at radius 2 is 1.96 bits per heavy atom. The number of aromatic nitrogens is 1. The lowest BCUT2D eigenvalue weighted by molar-refractivity contribution is -0.120. The molecule has 3 heteroatoms. The molecule has 0 fully saturated rings. The first-order valence-corrected chi connectivity index (χ1v) is 7.98. The third-order valence-corrected chi connectivity index (χ3v) is 4.15. The molecule has 120 valence electrons. The second-order valence-corrected chi connectivity index (χ2v) is 5.79. The number of Topliss-reactive ketones (excluding diaryl/α,β-unsaturated/α-hetero) is 2. The zero-order valence-corrected chi connectivity index (χ0v) is 13.5. The largest absolute Gasteiger partial charge is 0.367 e. The fourth-order valence-electron chi connectivity index (χ4n) is 3.01. The van der Waals surface area contributed by atoms with Crippen LogP contribution in [-0.2, 0) is 4.79 Å². The smallest absolute Gasteiger partial charge is 0.173 e. The van der Waals surface area contributed by atoms with Gasteiger partial charge in [0, 0.05) is 23.9 Å². The van der Waals surface area contributed by atoms with Crippen molar-refractivity contribution in [2.45, 2.75) is 32.1 Å². The molecule has 0 spiro atoms. The summed E-state index contributed by atoms with van der Waals surface area (Å²) in [7, 11) is 0. The predicted octanol–water partition coefficient (Wildman–Crippen LogP) is 4.54. The first kappa shape index (κ1) is 16.9. The van der Waals surface area contributed by atoms with Crippen molar-refractivity contribution in [3.63, 3.8) is 0 Å². The van der Waals surface area contributed by atoms with Gasteiger partial charge in [0.25, 0.3) is 0 Å². The van der Waals surface area contributed by atoms with Crippen molar-refractivity contribution in [2.75, 3.05) is 0 Å². The molecular formula is C20H23NO2. The maximum absolute atomic E-state index is 12.9. The van der Waals surface area contributed by atoms with Gasteiger partial charge in [-0.25, -0.2) is 0 Å². The topological polar surface area (TPSA) is 49.9 Å². The van der Waals surface area contributed by atoms with Crippen LogP contribution in [0.5, 0.6) is 0 Å². The predicted molar refractivity (Wildman–Crippen MR) is 92.5 cm³/mol. The maximum Gasteiger partial charge on any atom is 0.173 e. The Labute approximate surface area is 137 Å². The number of hydrogen-bond acceptors (Lipinski definition) is 2.